The van der Waals surface area contributed by atoms with Crippen LogP contribution in [0, 0.1) is 5.92 Å². The zero-order valence-corrected chi connectivity index (χ0v) is 12.4. The lowest BCUT2D eigenvalue weighted by Crippen LogP contribution is -2.45. The molecule has 1 saturated heterocycles. The fourth-order valence-electron chi connectivity index (χ4n) is 2.81. The lowest BCUT2D eigenvalue weighted by Gasteiger charge is -2.24. The summed E-state index contributed by atoms with van der Waals surface area (Å²) in [4.78, 5) is 24.2. The Hall–Kier alpha value is -1.10. The fourth-order valence-corrected chi connectivity index (χ4v) is 2.81. The fraction of sp³-hybridized carbons (Fsp3) is 0.867. The minimum Gasteiger partial charge on any atom is -0.450 e. The van der Waals surface area contributed by atoms with Crippen LogP contribution in [0.2, 0.25) is 0 Å². The van der Waals surface area contributed by atoms with Crippen molar-refractivity contribution in [3.8, 4) is 0 Å². The lowest BCUT2D eigenvalue weighted by atomic mass is 10.1. The third kappa shape index (κ3) is 3.95. The molecule has 114 valence electrons. The van der Waals surface area contributed by atoms with E-state index in [2.05, 4.69) is 5.32 Å². The van der Waals surface area contributed by atoms with Crippen molar-refractivity contribution in [2.24, 2.45) is 5.92 Å². The van der Waals surface area contributed by atoms with Crippen LogP contribution in [0.4, 0.5) is 0 Å². The molecule has 2 rings (SSSR count). The maximum absolute atomic E-state index is 12.3. The summed E-state index contributed by atoms with van der Waals surface area (Å²) in [6.45, 7) is 4.38. The summed E-state index contributed by atoms with van der Waals surface area (Å²) in [6, 6.07) is 0.241. The quantitative estimate of drug-likeness (QED) is 0.781. The minimum absolute atomic E-state index is 0.0400. The number of carbonyl (C=O) groups is 2. The van der Waals surface area contributed by atoms with E-state index < -0.39 is 18.2 Å². The van der Waals surface area contributed by atoms with E-state index in [0.29, 0.717) is 13.0 Å². The second-order valence-corrected chi connectivity index (χ2v) is 6.09. The first-order chi connectivity index (χ1) is 9.58. The number of carbonyl (C=O) groups excluding carboxylic acids is 2. The van der Waals surface area contributed by atoms with E-state index in [1.807, 2.05) is 13.8 Å². The molecule has 0 radical (unpaired) electrons. The van der Waals surface area contributed by atoms with Crippen LogP contribution in [-0.4, -0.2) is 36.7 Å². The van der Waals surface area contributed by atoms with Gasteiger partial charge in [-0.1, -0.05) is 26.7 Å². The molecule has 1 N–H and O–H groups in total. The number of ether oxygens (including phenoxy) is 2. The first kappa shape index (κ1) is 15.3. The van der Waals surface area contributed by atoms with Crippen LogP contribution in [0.25, 0.3) is 0 Å². The third-order valence-electron chi connectivity index (χ3n) is 4.00. The highest BCUT2D eigenvalue weighted by Gasteiger charge is 2.33. The molecule has 0 spiro atoms. The first-order valence-corrected chi connectivity index (χ1v) is 7.70. The molecule has 1 aliphatic carbocycles. The molecule has 0 unspecified atom stereocenters. The molecule has 1 aliphatic heterocycles. The molecule has 5 nitrogen and oxygen atoms in total. The van der Waals surface area contributed by atoms with E-state index in [1.54, 1.807) is 0 Å². The SMILES string of the molecule is CC(C)[C@@H](OC(=O)[C@H]1CCCO1)C(=O)NC1CCCC1. The van der Waals surface area contributed by atoms with Crippen molar-refractivity contribution in [1.82, 2.24) is 5.32 Å². The number of hydrogen-bond acceptors (Lipinski definition) is 4. The molecule has 1 saturated carbocycles. The van der Waals surface area contributed by atoms with E-state index in [0.717, 1.165) is 32.1 Å². The van der Waals surface area contributed by atoms with E-state index >= 15 is 0 Å². The third-order valence-corrected chi connectivity index (χ3v) is 4.00. The van der Waals surface area contributed by atoms with Crippen molar-refractivity contribution < 1.29 is 19.1 Å². The van der Waals surface area contributed by atoms with Gasteiger partial charge in [-0.15, -0.1) is 0 Å². The van der Waals surface area contributed by atoms with E-state index in [1.165, 1.54) is 0 Å². The summed E-state index contributed by atoms with van der Waals surface area (Å²) in [5, 5.41) is 3.00. The number of nitrogens with one attached hydrogen (secondary N) is 1. The van der Waals surface area contributed by atoms with Gasteiger partial charge in [-0.2, -0.15) is 0 Å². The zero-order valence-electron chi connectivity index (χ0n) is 12.4. The Bertz CT molecular complexity index is 344. The van der Waals surface area contributed by atoms with E-state index in [9.17, 15) is 9.59 Å². The number of amides is 1. The largest absolute Gasteiger partial charge is 0.450 e. The van der Waals surface area contributed by atoms with Crippen LogP contribution in [0.5, 0.6) is 0 Å². The standard InChI is InChI=1S/C15H25NO4/c1-10(2)13(14(17)16-11-6-3-4-7-11)20-15(18)12-8-5-9-19-12/h10-13H,3-9H2,1-2H3,(H,16,17)/t12-,13-/m1/s1. The number of hydrogen-bond donors (Lipinski definition) is 1. The molecule has 0 aromatic carbocycles. The van der Waals surface area contributed by atoms with Crippen molar-refractivity contribution in [1.29, 1.82) is 0 Å². The monoisotopic (exact) mass is 283 g/mol. The van der Waals surface area contributed by atoms with Gasteiger partial charge in [0.25, 0.3) is 5.91 Å². The second-order valence-electron chi connectivity index (χ2n) is 6.09. The van der Waals surface area contributed by atoms with Crippen molar-refractivity contribution in [2.45, 2.75) is 70.6 Å². The summed E-state index contributed by atoms with van der Waals surface area (Å²) in [6.07, 6.45) is 4.73. The Morgan fingerprint density at radius 2 is 1.85 bits per heavy atom. The van der Waals surface area contributed by atoms with Gasteiger partial charge >= 0.3 is 5.97 Å². The molecular weight excluding hydrogens is 258 g/mol. The van der Waals surface area contributed by atoms with Crippen molar-refractivity contribution in [2.75, 3.05) is 6.61 Å². The smallest absolute Gasteiger partial charge is 0.336 e. The molecule has 0 aromatic heterocycles. The van der Waals surface area contributed by atoms with Gasteiger partial charge in [0.05, 0.1) is 0 Å². The minimum atomic E-state index is -0.715. The topological polar surface area (TPSA) is 64.6 Å². The van der Waals surface area contributed by atoms with Gasteiger partial charge in [-0.3, -0.25) is 4.79 Å². The lowest BCUT2D eigenvalue weighted by molar-refractivity contribution is -0.167. The van der Waals surface area contributed by atoms with Crippen LogP contribution in [0.15, 0.2) is 0 Å². The Morgan fingerprint density at radius 3 is 2.40 bits per heavy atom. The molecule has 2 aliphatic rings. The highest BCUT2D eigenvalue weighted by Crippen LogP contribution is 2.20. The molecule has 1 amide bonds. The molecule has 0 aromatic rings. The van der Waals surface area contributed by atoms with Crippen LogP contribution in [0.3, 0.4) is 0 Å². The van der Waals surface area contributed by atoms with E-state index in [-0.39, 0.29) is 17.9 Å². The average molecular weight is 283 g/mol. The van der Waals surface area contributed by atoms with Crippen LogP contribution in [-0.2, 0) is 19.1 Å². The normalized spacial score (nSPS) is 24.9. The summed E-state index contributed by atoms with van der Waals surface area (Å²) in [7, 11) is 0. The van der Waals surface area contributed by atoms with Crippen molar-refractivity contribution >= 4 is 11.9 Å². The van der Waals surface area contributed by atoms with Gasteiger partial charge in [0.15, 0.2) is 12.2 Å². The van der Waals surface area contributed by atoms with Crippen molar-refractivity contribution in [3.05, 3.63) is 0 Å². The second kappa shape index (κ2) is 7.07. The number of esters is 1. The van der Waals surface area contributed by atoms with Gasteiger partial charge in [0.1, 0.15) is 0 Å². The average Bonchev–Trinajstić information content (AvgIpc) is 3.07. The Balaban J connectivity index is 1.88. The Morgan fingerprint density at radius 1 is 1.15 bits per heavy atom. The summed E-state index contributed by atoms with van der Waals surface area (Å²) >= 11 is 0. The summed E-state index contributed by atoms with van der Waals surface area (Å²) in [5.74, 6) is -0.609. The molecule has 1 heterocycles. The van der Waals surface area contributed by atoms with Crippen LogP contribution in [0.1, 0.15) is 52.4 Å². The van der Waals surface area contributed by atoms with Gasteiger partial charge in [-0.25, -0.2) is 4.79 Å². The maximum atomic E-state index is 12.3. The van der Waals surface area contributed by atoms with Gasteiger partial charge in [-0.05, 0) is 31.6 Å². The first-order valence-electron chi connectivity index (χ1n) is 7.70. The summed E-state index contributed by atoms with van der Waals surface area (Å²) < 4.78 is 10.7. The molecule has 5 heteroatoms. The zero-order chi connectivity index (χ0) is 14.5. The van der Waals surface area contributed by atoms with Gasteiger partial charge in [0.2, 0.25) is 0 Å². The maximum Gasteiger partial charge on any atom is 0.336 e. The number of rotatable bonds is 5. The Labute approximate surface area is 120 Å². The highest BCUT2D eigenvalue weighted by atomic mass is 16.6. The van der Waals surface area contributed by atoms with Crippen LogP contribution >= 0.6 is 0 Å². The van der Waals surface area contributed by atoms with E-state index in [4.69, 9.17) is 9.47 Å². The predicted octanol–water partition coefficient (Wildman–Crippen LogP) is 1.79. The Kier molecular flexibility index (Phi) is 5.40. The summed E-state index contributed by atoms with van der Waals surface area (Å²) in [5.41, 5.74) is 0. The molecule has 2 fully saturated rings. The van der Waals surface area contributed by atoms with Crippen molar-refractivity contribution in [3.63, 3.8) is 0 Å². The van der Waals surface area contributed by atoms with Crippen LogP contribution < -0.4 is 5.32 Å². The highest BCUT2D eigenvalue weighted by molar-refractivity contribution is 5.85. The molecule has 2 atom stereocenters. The molecule has 20 heavy (non-hydrogen) atoms. The van der Waals surface area contributed by atoms with Gasteiger partial charge < -0.3 is 14.8 Å². The predicted molar refractivity (Wildman–Crippen MR) is 74.1 cm³/mol. The molecule has 0 bridgehead atoms. The molecular formula is C15H25NO4. The van der Waals surface area contributed by atoms with Gasteiger partial charge in [0, 0.05) is 12.6 Å².